The predicted octanol–water partition coefficient (Wildman–Crippen LogP) is 2.07. The van der Waals surface area contributed by atoms with Crippen molar-refractivity contribution in [2.75, 3.05) is 6.61 Å². The summed E-state index contributed by atoms with van der Waals surface area (Å²) >= 11 is 0. The molecule has 0 amide bonds. The molecule has 2 aromatic rings. The Labute approximate surface area is 124 Å². The zero-order valence-electron chi connectivity index (χ0n) is 12.0. The molecule has 5 nitrogen and oxygen atoms in total. The van der Waals surface area contributed by atoms with E-state index in [0.29, 0.717) is 12.1 Å². The summed E-state index contributed by atoms with van der Waals surface area (Å²) in [5.41, 5.74) is 3.75. The van der Waals surface area contributed by atoms with Crippen LogP contribution in [0.25, 0.3) is 0 Å². The van der Waals surface area contributed by atoms with Crippen LogP contribution in [0.2, 0.25) is 0 Å². The van der Waals surface area contributed by atoms with Crippen LogP contribution in [0.4, 0.5) is 0 Å². The number of aliphatic hydroxyl groups excluding tert-OH is 1. The zero-order valence-corrected chi connectivity index (χ0v) is 12.0. The van der Waals surface area contributed by atoms with Crippen molar-refractivity contribution < 1.29 is 5.11 Å². The van der Waals surface area contributed by atoms with Gasteiger partial charge in [-0.05, 0) is 37.5 Å². The maximum absolute atomic E-state index is 8.89. The average Bonchev–Trinajstić information content (AvgIpc) is 2.93. The van der Waals surface area contributed by atoms with Crippen LogP contribution in [0.15, 0.2) is 42.1 Å². The Morgan fingerprint density at radius 3 is 3.10 bits per heavy atom. The SMILES string of the molecule is C/C(=C\CO)CCc1cn(Cc2cccc(C#N)c2)nn1. The summed E-state index contributed by atoms with van der Waals surface area (Å²) < 4.78 is 1.77. The standard InChI is InChI=1S/C16H18N4O/c1-13(7-8-21)5-6-16-12-20(19-18-16)11-15-4-2-3-14(9-15)10-17/h2-4,7,9,12,21H,5-6,8,11H2,1H3/b13-7+. The molecule has 1 N–H and O–H groups in total. The lowest BCUT2D eigenvalue weighted by atomic mass is 10.1. The van der Waals surface area contributed by atoms with Crippen LogP contribution in [-0.2, 0) is 13.0 Å². The van der Waals surface area contributed by atoms with Gasteiger partial charge in [0.05, 0.1) is 30.5 Å². The van der Waals surface area contributed by atoms with Gasteiger partial charge in [-0.15, -0.1) is 5.10 Å². The fraction of sp³-hybridized carbons (Fsp3) is 0.312. The van der Waals surface area contributed by atoms with Gasteiger partial charge in [0, 0.05) is 6.20 Å². The van der Waals surface area contributed by atoms with Crippen molar-refractivity contribution in [3.05, 3.63) is 58.9 Å². The highest BCUT2D eigenvalue weighted by molar-refractivity contribution is 5.32. The summed E-state index contributed by atoms with van der Waals surface area (Å²) in [6.45, 7) is 2.68. The molecule has 0 aliphatic heterocycles. The van der Waals surface area contributed by atoms with Crippen molar-refractivity contribution in [3.63, 3.8) is 0 Å². The molecule has 0 unspecified atom stereocenters. The Morgan fingerprint density at radius 1 is 1.48 bits per heavy atom. The monoisotopic (exact) mass is 282 g/mol. The normalized spacial score (nSPS) is 11.4. The number of aliphatic hydroxyl groups is 1. The minimum atomic E-state index is 0.0771. The van der Waals surface area contributed by atoms with Crippen molar-refractivity contribution in [1.29, 1.82) is 5.26 Å². The van der Waals surface area contributed by atoms with Gasteiger partial charge in [0.25, 0.3) is 0 Å². The van der Waals surface area contributed by atoms with E-state index in [-0.39, 0.29) is 6.61 Å². The fourth-order valence-electron chi connectivity index (χ4n) is 2.04. The molecule has 0 spiro atoms. The van der Waals surface area contributed by atoms with Gasteiger partial charge in [-0.1, -0.05) is 29.0 Å². The van der Waals surface area contributed by atoms with Crippen LogP contribution >= 0.6 is 0 Å². The fourth-order valence-corrected chi connectivity index (χ4v) is 2.04. The van der Waals surface area contributed by atoms with Crippen LogP contribution in [0.1, 0.15) is 30.2 Å². The van der Waals surface area contributed by atoms with E-state index in [1.165, 1.54) is 0 Å². The highest BCUT2D eigenvalue weighted by Gasteiger charge is 2.03. The van der Waals surface area contributed by atoms with E-state index < -0.39 is 0 Å². The Hall–Kier alpha value is -2.45. The number of nitrogens with zero attached hydrogens (tertiary/aromatic N) is 4. The number of rotatable bonds is 6. The smallest absolute Gasteiger partial charge is 0.0991 e. The molecule has 0 saturated heterocycles. The van der Waals surface area contributed by atoms with Gasteiger partial charge in [0.1, 0.15) is 0 Å². The largest absolute Gasteiger partial charge is 0.392 e. The molecule has 2 rings (SSSR count). The summed E-state index contributed by atoms with van der Waals surface area (Å²) in [4.78, 5) is 0. The minimum Gasteiger partial charge on any atom is -0.392 e. The number of aryl methyl sites for hydroxylation is 1. The van der Waals surface area contributed by atoms with Crippen molar-refractivity contribution in [2.24, 2.45) is 0 Å². The Balaban J connectivity index is 1.97. The topological polar surface area (TPSA) is 74.7 Å². The molecule has 0 saturated carbocycles. The van der Waals surface area contributed by atoms with Crippen molar-refractivity contribution >= 4 is 0 Å². The summed E-state index contributed by atoms with van der Waals surface area (Å²) in [7, 11) is 0. The van der Waals surface area contributed by atoms with Gasteiger partial charge in [-0.3, -0.25) is 0 Å². The summed E-state index contributed by atoms with van der Waals surface area (Å²) in [5, 5.41) is 26.0. The molecule has 0 fully saturated rings. The summed E-state index contributed by atoms with van der Waals surface area (Å²) in [6.07, 6.45) is 5.40. The van der Waals surface area contributed by atoms with Gasteiger partial charge in [0.15, 0.2) is 0 Å². The van der Waals surface area contributed by atoms with E-state index in [1.807, 2.05) is 31.3 Å². The lowest BCUT2D eigenvalue weighted by Gasteiger charge is -2.01. The maximum Gasteiger partial charge on any atom is 0.0991 e. The third kappa shape index (κ3) is 4.55. The predicted molar refractivity (Wildman–Crippen MR) is 79.4 cm³/mol. The molecule has 21 heavy (non-hydrogen) atoms. The van der Waals surface area contributed by atoms with E-state index in [0.717, 1.165) is 29.7 Å². The molecule has 1 heterocycles. The van der Waals surface area contributed by atoms with Crippen LogP contribution in [0.3, 0.4) is 0 Å². The molecule has 1 aromatic carbocycles. The molecule has 0 atom stereocenters. The van der Waals surface area contributed by atoms with Gasteiger partial charge in [-0.2, -0.15) is 5.26 Å². The van der Waals surface area contributed by atoms with Crippen molar-refractivity contribution in [1.82, 2.24) is 15.0 Å². The maximum atomic E-state index is 8.89. The Bertz CT molecular complexity index is 667. The third-order valence-electron chi connectivity index (χ3n) is 3.20. The van der Waals surface area contributed by atoms with Gasteiger partial charge < -0.3 is 5.11 Å². The number of allylic oxidation sites excluding steroid dienone is 1. The van der Waals surface area contributed by atoms with Crippen molar-refractivity contribution in [3.8, 4) is 6.07 Å². The first kappa shape index (κ1) is 14.9. The molecule has 0 bridgehead atoms. The lowest BCUT2D eigenvalue weighted by molar-refractivity contribution is 0.341. The average molecular weight is 282 g/mol. The highest BCUT2D eigenvalue weighted by Crippen LogP contribution is 2.09. The number of nitriles is 1. The molecule has 5 heteroatoms. The molecule has 108 valence electrons. The van der Waals surface area contributed by atoms with Crippen molar-refractivity contribution in [2.45, 2.75) is 26.3 Å². The molecule has 0 aliphatic carbocycles. The van der Waals surface area contributed by atoms with Crippen LogP contribution < -0.4 is 0 Å². The third-order valence-corrected chi connectivity index (χ3v) is 3.20. The summed E-state index contributed by atoms with van der Waals surface area (Å²) in [5.74, 6) is 0. The van der Waals surface area contributed by atoms with Crippen LogP contribution in [0.5, 0.6) is 0 Å². The first-order valence-corrected chi connectivity index (χ1v) is 6.86. The number of hydrogen-bond donors (Lipinski definition) is 1. The van der Waals surface area contributed by atoms with E-state index in [1.54, 1.807) is 16.8 Å². The first-order chi connectivity index (χ1) is 10.2. The van der Waals surface area contributed by atoms with Gasteiger partial charge in [0.2, 0.25) is 0 Å². The second-order valence-electron chi connectivity index (χ2n) is 4.95. The molecular formula is C16H18N4O. The molecular weight excluding hydrogens is 264 g/mol. The lowest BCUT2D eigenvalue weighted by Crippen LogP contribution is -2.00. The highest BCUT2D eigenvalue weighted by atomic mass is 16.2. The van der Waals surface area contributed by atoms with E-state index in [4.69, 9.17) is 10.4 Å². The molecule has 1 aromatic heterocycles. The zero-order chi connectivity index (χ0) is 15.1. The van der Waals surface area contributed by atoms with E-state index in [2.05, 4.69) is 16.4 Å². The number of hydrogen-bond acceptors (Lipinski definition) is 4. The first-order valence-electron chi connectivity index (χ1n) is 6.86. The molecule has 0 radical (unpaired) electrons. The van der Waals surface area contributed by atoms with Crippen LogP contribution in [-0.4, -0.2) is 26.7 Å². The van der Waals surface area contributed by atoms with Gasteiger partial charge >= 0.3 is 0 Å². The Morgan fingerprint density at radius 2 is 2.33 bits per heavy atom. The molecule has 0 aliphatic rings. The van der Waals surface area contributed by atoms with E-state index in [9.17, 15) is 0 Å². The number of benzene rings is 1. The second-order valence-corrected chi connectivity index (χ2v) is 4.95. The number of aromatic nitrogens is 3. The minimum absolute atomic E-state index is 0.0771. The van der Waals surface area contributed by atoms with Crippen LogP contribution in [0, 0.1) is 11.3 Å². The van der Waals surface area contributed by atoms with Gasteiger partial charge in [-0.25, -0.2) is 4.68 Å². The summed E-state index contributed by atoms with van der Waals surface area (Å²) in [6, 6.07) is 9.61. The van der Waals surface area contributed by atoms with E-state index >= 15 is 0 Å². The second kappa shape index (κ2) is 7.36. The quantitative estimate of drug-likeness (QED) is 0.823. The Kier molecular flexibility index (Phi) is 5.24.